The van der Waals surface area contributed by atoms with Crippen LogP contribution in [0.15, 0.2) is 36.4 Å². The van der Waals surface area contributed by atoms with Crippen LogP contribution in [0.1, 0.15) is 34.7 Å². The van der Waals surface area contributed by atoms with Gasteiger partial charge in [-0.15, -0.1) is 0 Å². The normalized spacial score (nSPS) is 23.3. The van der Waals surface area contributed by atoms with E-state index in [1.54, 1.807) is 6.92 Å². The zero-order valence-corrected chi connectivity index (χ0v) is 14.2. The van der Waals surface area contributed by atoms with Crippen LogP contribution in [-0.4, -0.2) is 17.0 Å². The molecular weight excluding hydrogens is 288 g/mol. The Bertz CT molecular complexity index is 705. The lowest BCUT2D eigenvalue weighted by molar-refractivity contribution is -0.219. The molecule has 2 aromatic carbocycles. The summed E-state index contributed by atoms with van der Waals surface area (Å²) < 4.78 is 11.9. The van der Waals surface area contributed by atoms with Crippen molar-refractivity contribution in [1.29, 1.82) is 0 Å². The lowest BCUT2D eigenvalue weighted by atomic mass is 9.90. The van der Waals surface area contributed by atoms with Crippen LogP contribution in [0.4, 0.5) is 0 Å². The molecule has 0 radical (unpaired) electrons. The first-order valence-corrected chi connectivity index (χ1v) is 8.05. The van der Waals surface area contributed by atoms with Gasteiger partial charge >= 0.3 is 0 Å². The minimum Gasteiger partial charge on any atom is -0.459 e. The third kappa shape index (κ3) is 3.12. The number of hydrogen-bond donors (Lipinski definition) is 1. The highest BCUT2D eigenvalue weighted by molar-refractivity contribution is 5.51. The molecule has 0 spiro atoms. The van der Waals surface area contributed by atoms with Crippen LogP contribution in [0.5, 0.6) is 5.75 Å². The first kappa shape index (κ1) is 16.0. The fourth-order valence-corrected chi connectivity index (χ4v) is 3.13. The second-order valence-electron chi connectivity index (χ2n) is 6.59. The van der Waals surface area contributed by atoms with E-state index in [1.165, 1.54) is 11.1 Å². The summed E-state index contributed by atoms with van der Waals surface area (Å²) >= 11 is 0. The van der Waals surface area contributed by atoms with Gasteiger partial charge in [-0.3, -0.25) is 0 Å². The Hall–Kier alpha value is -1.84. The van der Waals surface area contributed by atoms with E-state index in [4.69, 9.17) is 9.47 Å². The number of fused-ring (bicyclic) bond motifs is 1. The standard InChI is InChI=1S/C20H24O3/c1-13-10-14(2)17-11-18(20(4,21)23-19(17)15(13)3)22-12-16-8-6-5-7-9-16/h5-10,18,21H,11-12H2,1-4H3. The predicted molar refractivity (Wildman–Crippen MR) is 90.6 cm³/mol. The molecule has 122 valence electrons. The van der Waals surface area contributed by atoms with Crippen LogP contribution in [-0.2, 0) is 17.8 Å². The molecule has 1 heterocycles. The van der Waals surface area contributed by atoms with Gasteiger partial charge in [-0.2, -0.15) is 0 Å². The van der Waals surface area contributed by atoms with Gasteiger partial charge in [0.25, 0.3) is 0 Å². The van der Waals surface area contributed by atoms with Crippen LogP contribution in [0.3, 0.4) is 0 Å². The maximum Gasteiger partial charge on any atom is 0.232 e. The molecule has 1 aliphatic rings. The fourth-order valence-electron chi connectivity index (χ4n) is 3.13. The van der Waals surface area contributed by atoms with Gasteiger partial charge in [0.15, 0.2) is 0 Å². The predicted octanol–water partition coefficient (Wildman–Crippen LogP) is 3.84. The quantitative estimate of drug-likeness (QED) is 0.936. The Kier molecular flexibility index (Phi) is 4.17. The number of ether oxygens (including phenoxy) is 2. The number of hydrogen-bond acceptors (Lipinski definition) is 3. The monoisotopic (exact) mass is 312 g/mol. The van der Waals surface area contributed by atoms with Gasteiger partial charge in [0.1, 0.15) is 11.9 Å². The third-order valence-electron chi connectivity index (χ3n) is 4.70. The number of aryl methyl sites for hydroxylation is 2. The van der Waals surface area contributed by atoms with E-state index >= 15 is 0 Å². The molecule has 0 amide bonds. The molecule has 0 bridgehead atoms. The molecule has 23 heavy (non-hydrogen) atoms. The van der Waals surface area contributed by atoms with Gasteiger partial charge in [0, 0.05) is 18.9 Å². The molecule has 3 rings (SSSR count). The Labute approximate surface area is 137 Å². The summed E-state index contributed by atoms with van der Waals surface area (Å²) in [5.41, 5.74) is 5.68. The van der Waals surface area contributed by atoms with Crippen molar-refractivity contribution in [1.82, 2.24) is 0 Å². The number of benzene rings is 2. The molecule has 0 saturated carbocycles. The Morgan fingerprint density at radius 1 is 1.17 bits per heavy atom. The molecule has 0 fully saturated rings. The van der Waals surface area contributed by atoms with Crippen molar-refractivity contribution >= 4 is 0 Å². The van der Waals surface area contributed by atoms with Gasteiger partial charge < -0.3 is 14.6 Å². The maximum atomic E-state index is 10.7. The largest absolute Gasteiger partial charge is 0.459 e. The lowest BCUT2D eigenvalue weighted by Gasteiger charge is -2.39. The summed E-state index contributed by atoms with van der Waals surface area (Å²) in [6.45, 7) is 8.34. The van der Waals surface area contributed by atoms with Crippen molar-refractivity contribution in [2.24, 2.45) is 0 Å². The molecule has 0 aliphatic carbocycles. The van der Waals surface area contributed by atoms with Crippen LogP contribution < -0.4 is 4.74 Å². The molecule has 2 aromatic rings. The second kappa shape index (κ2) is 5.99. The van der Waals surface area contributed by atoms with Gasteiger partial charge in [0.2, 0.25) is 5.79 Å². The van der Waals surface area contributed by atoms with Gasteiger partial charge in [0.05, 0.1) is 6.61 Å². The van der Waals surface area contributed by atoms with Crippen molar-refractivity contribution < 1.29 is 14.6 Å². The molecule has 1 aliphatic heterocycles. The average Bonchev–Trinajstić information content (AvgIpc) is 2.51. The summed E-state index contributed by atoms with van der Waals surface area (Å²) in [5, 5.41) is 10.7. The van der Waals surface area contributed by atoms with Crippen LogP contribution >= 0.6 is 0 Å². The molecule has 3 heteroatoms. The van der Waals surface area contributed by atoms with Crippen molar-refractivity contribution in [2.45, 2.75) is 52.6 Å². The minimum absolute atomic E-state index is 0.393. The Balaban J connectivity index is 1.85. The minimum atomic E-state index is -1.33. The van der Waals surface area contributed by atoms with E-state index < -0.39 is 11.9 Å². The van der Waals surface area contributed by atoms with E-state index in [0.29, 0.717) is 13.0 Å². The highest BCUT2D eigenvalue weighted by Crippen LogP contribution is 2.39. The topological polar surface area (TPSA) is 38.7 Å². The summed E-state index contributed by atoms with van der Waals surface area (Å²) in [6.07, 6.45) is 0.262. The van der Waals surface area contributed by atoms with E-state index in [0.717, 1.165) is 22.4 Å². The summed E-state index contributed by atoms with van der Waals surface area (Å²) in [5.74, 6) is -0.515. The summed E-state index contributed by atoms with van der Waals surface area (Å²) in [4.78, 5) is 0. The van der Waals surface area contributed by atoms with Crippen LogP contribution in [0, 0.1) is 20.8 Å². The number of aliphatic hydroxyl groups is 1. The molecule has 3 nitrogen and oxygen atoms in total. The summed E-state index contributed by atoms with van der Waals surface area (Å²) in [7, 11) is 0. The molecular formula is C20H24O3. The highest BCUT2D eigenvalue weighted by atomic mass is 16.7. The lowest BCUT2D eigenvalue weighted by Crippen LogP contribution is -2.50. The smallest absolute Gasteiger partial charge is 0.232 e. The van der Waals surface area contributed by atoms with Crippen LogP contribution in [0.2, 0.25) is 0 Å². The molecule has 2 unspecified atom stereocenters. The zero-order valence-electron chi connectivity index (χ0n) is 14.2. The van der Waals surface area contributed by atoms with E-state index in [1.807, 2.05) is 37.3 Å². The highest BCUT2D eigenvalue weighted by Gasteiger charge is 2.41. The Morgan fingerprint density at radius 2 is 1.87 bits per heavy atom. The summed E-state index contributed by atoms with van der Waals surface area (Å²) in [6, 6.07) is 12.2. The zero-order chi connectivity index (χ0) is 16.6. The molecule has 0 saturated heterocycles. The molecule has 0 aromatic heterocycles. The van der Waals surface area contributed by atoms with Crippen molar-refractivity contribution in [2.75, 3.05) is 0 Å². The first-order chi connectivity index (χ1) is 10.9. The van der Waals surface area contributed by atoms with Gasteiger partial charge in [-0.05, 0) is 43.0 Å². The second-order valence-corrected chi connectivity index (χ2v) is 6.59. The third-order valence-corrected chi connectivity index (χ3v) is 4.70. The van der Waals surface area contributed by atoms with Crippen molar-refractivity contribution in [3.63, 3.8) is 0 Å². The fraction of sp³-hybridized carbons (Fsp3) is 0.400. The van der Waals surface area contributed by atoms with E-state index in [9.17, 15) is 5.11 Å². The average molecular weight is 312 g/mol. The van der Waals surface area contributed by atoms with Crippen molar-refractivity contribution in [3.05, 3.63) is 64.2 Å². The SMILES string of the molecule is Cc1cc(C)c2c(c1C)OC(C)(O)C(OCc1ccccc1)C2. The van der Waals surface area contributed by atoms with Crippen molar-refractivity contribution in [3.8, 4) is 5.75 Å². The van der Waals surface area contributed by atoms with Crippen LogP contribution in [0.25, 0.3) is 0 Å². The molecule has 2 atom stereocenters. The van der Waals surface area contributed by atoms with Gasteiger partial charge in [-0.1, -0.05) is 36.4 Å². The Morgan fingerprint density at radius 3 is 2.57 bits per heavy atom. The van der Waals surface area contributed by atoms with Gasteiger partial charge in [-0.25, -0.2) is 0 Å². The number of rotatable bonds is 3. The molecule has 1 N–H and O–H groups in total. The first-order valence-electron chi connectivity index (χ1n) is 8.05. The maximum absolute atomic E-state index is 10.7. The van der Waals surface area contributed by atoms with E-state index in [2.05, 4.69) is 19.9 Å². The van der Waals surface area contributed by atoms with E-state index in [-0.39, 0.29) is 0 Å².